The van der Waals surface area contributed by atoms with Gasteiger partial charge in [-0.15, -0.1) is 0 Å². The molecule has 116 valence electrons. The van der Waals surface area contributed by atoms with Crippen LogP contribution < -0.4 is 5.73 Å². The molecule has 1 atom stereocenters. The van der Waals surface area contributed by atoms with Gasteiger partial charge in [0.2, 0.25) is 5.91 Å². The first kappa shape index (κ1) is 15.2. The standard InChI is InChI=1S/C15H15Cl2N3O2/c16-10-3-4-11-9(13(10)17)6-12(19-11)15(22)20-5-1-2-8(7-20)14(18)21/h3-4,6,8,19H,1-2,5,7H2,(H2,18,21)/t8-/m0/s1. The first-order valence-electron chi connectivity index (χ1n) is 7.02. The summed E-state index contributed by atoms with van der Waals surface area (Å²) in [5.74, 6) is -0.793. The monoisotopic (exact) mass is 339 g/mol. The Kier molecular flexibility index (Phi) is 4.02. The van der Waals surface area contributed by atoms with Gasteiger partial charge in [-0.25, -0.2) is 0 Å². The molecule has 3 N–H and O–H groups in total. The molecule has 1 aromatic carbocycles. The molecule has 2 amide bonds. The van der Waals surface area contributed by atoms with Crippen molar-refractivity contribution in [1.29, 1.82) is 0 Å². The van der Waals surface area contributed by atoms with Crippen molar-refractivity contribution >= 4 is 45.9 Å². The van der Waals surface area contributed by atoms with Crippen molar-refractivity contribution in [2.75, 3.05) is 13.1 Å². The van der Waals surface area contributed by atoms with Crippen LogP contribution >= 0.6 is 23.2 Å². The predicted octanol–water partition coefficient (Wildman–Crippen LogP) is 2.81. The minimum atomic E-state index is -0.357. The van der Waals surface area contributed by atoms with Crippen molar-refractivity contribution in [3.63, 3.8) is 0 Å². The third kappa shape index (κ3) is 2.66. The fourth-order valence-electron chi connectivity index (χ4n) is 2.82. The number of nitrogens with zero attached hydrogens (tertiary/aromatic N) is 1. The molecule has 1 aliphatic rings. The summed E-state index contributed by atoms with van der Waals surface area (Å²) in [5, 5.41) is 1.57. The summed E-state index contributed by atoms with van der Waals surface area (Å²) in [4.78, 5) is 28.6. The maximum atomic E-state index is 12.6. The molecule has 7 heteroatoms. The van der Waals surface area contributed by atoms with Crippen LogP contribution in [0.25, 0.3) is 10.9 Å². The van der Waals surface area contributed by atoms with E-state index in [1.165, 1.54) is 0 Å². The summed E-state index contributed by atoms with van der Waals surface area (Å²) >= 11 is 12.1. The fourth-order valence-corrected chi connectivity index (χ4v) is 3.21. The maximum Gasteiger partial charge on any atom is 0.270 e. The lowest BCUT2D eigenvalue weighted by atomic mass is 9.97. The number of H-pyrrole nitrogens is 1. The maximum absolute atomic E-state index is 12.6. The van der Waals surface area contributed by atoms with Gasteiger partial charge in [0.05, 0.1) is 16.0 Å². The van der Waals surface area contributed by atoms with Crippen LogP contribution in [0, 0.1) is 5.92 Å². The number of halogens is 2. The molecule has 2 aromatic rings. The lowest BCUT2D eigenvalue weighted by molar-refractivity contribution is -0.123. The average molecular weight is 340 g/mol. The van der Waals surface area contributed by atoms with Gasteiger partial charge in [0.15, 0.2) is 0 Å². The minimum absolute atomic E-state index is 0.158. The molecule has 0 saturated carbocycles. The number of aromatic nitrogens is 1. The lowest BCUT2D eigenvalue weighted by Crippen LogP contribution is -2.44. The molecule has 0 bridgehead atoms. The van der Waals surface area contributed by atoms with Gasteiger partial charge < -0.3 is 15.6 Å². The molecular weight excluding hydrogens is 325 g/mol. The number of hydrogen-bond acceptors (Lipinski definition) is 2. The zero-order valence-corrected chi connectivity index (χ0v) is 13.2. The molecule has 1 aromatic heterocycles. The molecule has 5 nitrogen and oxygen atoms in total. The second-order valence-corrected chi connectivity index (χ2v) is 6.28. The number of aromatic amines is 1. The Bertz CT molecular complexity index is 757. The van der Waals surface area contributed by atoms with Crippen LogP contribution in [0.3, 0.4) is 0 Å². The summed E-state index contributed by atoms with van der Waals surface area (Å²) in [6.07, 6.45) is 1.50. The number of piperidine rings is 1. The van der Waals surface area contributed by atoms with E-state index in [1.807, 2.05) is 0 Å². The first-order chi connectivity index (χ1) is 10.5. The van der Waals surface area contributed by atoms with E-state index in [0.29, 0.717) is 34.2 Å². The highest BCUT2D eigenvalue weighted by molar-refractivity contribution is 6.45. The molecule has 0 spiro atoms. The molecule has 0 unspecified atom stereocenters. The summed E-state index contributed by atoms with van der Waals surface area (Å²) in [6.45, 7) is 0.977. The smallest absolute Gasteiger partial charge is 0.270 e. The number of nitrogens with two attached hydrogens (primary N) is 1. The average Bonchev–Trinajstić information content (AvgIpc) is 2.95. The molecule has 22 heavy (non-hydrogen) atoms. The van der Waals surface area contributed by atoms with E-state index in [9.17, 15) is 9.59 Å². The Hall–Kier alpha value is -1.72. The van der Waals surface area contributed by atoms with Gasteiger partial charge >= 0.3 is 0 Å². The number of nitrogens with one attached hydrogen (secondary N) is 1. The van der Waals surface area contributed by atoms with Crippen molar-refractivity contribution in [3.8, 4) is 0 Å². The molecule has 3 rings (SSSR count). The van der Waals surface area contributed by atoms with E-state index >= 15 is 0 Å². The number of hydrogen-bond donors (Lipinski definition) is 2. The molecule has 0 aliphatic carbocycles. The van der Waals surface area contributed by atoms with Gasteiger partial charge in [0, 0.05) is 24.0 Å². The highest BCUT2D eigenvalue weighted by Gasteiger charge is 2.28. The van der Waals surface area contributed by atoms with Crippen molar-refractivity contribution in [3.05, 3.63) is 33.9 Å². The zero-order valence-electron chi connectivity index (χ0n) is 11.7. The number of likely N-dealkylation sites (tertiary alicyclic amines) is 1. The van der Waals surface area contributed by atoms with E-state index in [1.54, 1.807) is 23.1 Å². The number of primary amides is 1. The number of amides is 2. The highest BCUT2D eigenvalue weighted by atomic mass is 35.5. The van der Waals surface area contributed by atoms with Crippen LogP contribution in [-0.2, 0) is 4.79 Å². The van der Waals surface area contributed by atoms with Crippen molar-refractivity contribution in [1.82, 2.24) is 9.88 Å². The third-order valence-corrected chi connectivity index (χ3v) is 4.85. The number of carbonyl (C=O) groups is 2. The van der Waals surface area contributed by atoms with E-state index < -0.39 is 0 Å². The van der Waals surface area contributed by atoms with Crippen LogP contribution in [0.2, 0.25) is 10.0 Å². The van der Waals surface area contributed by atoms with Gasteiger partial charge in [0.1, 0.15) is 5.69 Å². The predicted molar refractivity (Wildman–Crippen MR) is 86.1 cm³/mol. The van der Waals surface area contributed by atoms with E-state index in [2.05, 4.69) is 4.98 Å². The summed E-state index contributed by atoms with van der Waals surface area (Å²) < 4.78 is 0. The van der Waals surface area contributed by atoms with Crippen molar-refractivity contribution < 1.29 is 9.59 Å². The van der Waals surface area contributed by atoms with Crippen molar-refractivity contribution in [2.24, 2.45) is 11.7 Å². The fraction of sp³-hybridized carbons (Fsp3) is 0.333. The molecule has 1 saturated heterocycles. The molecule has 1 aliphatic heterocycles. The topological polar surface area (TPSA) is 79.2 Å². The van der Waals surface area contributed by atoms with Gasteiger partial charge in [-0.05, 0) is 31.0 Å². The van der Waals surface area contributed by atoms with Crippen molar-refractivity contribution in [2.45, 2.75) is 12.8 Å². The zero-order chi connectivity index (χ0) is 15.9. The molecule has 2 heterocycles. The normalized spacial score (nSPS) is 18.6. The number of rotatable bonds is 2. The van der Waals surface area contributed by atoms with E-state index in [-0.39, 0.29) is 17.7 Å². The first-order valence-corrected chi connectivity index (χ1v) is 7.78. The second kappa shape index (κ2) is 5.82. The highest BCUT2D eigenvalue weighted by Crippen LogP contribution is 2.31. The van der Waals surface area contributed by atoms with Gasteiger partial charge in [0.25, 0.3) is 5.91 Å². The molecule has 0 radical (unpaired) electrons. The Morgan fingerprint density at radius 3 is 2.82 bits per heavy atom. The SMILES string of the molecule is NC(=O)[C@H]1CCCN(C(=O)c2cc3c(Cl)c(Cl)ccc3[nH]2)C1. The molecule has 1 fully saturated rings. The summed E-state index contributed by atoms with van der Waals surface area (Å²) in [7, 11) is 0. The summed E-state index contributed by atoms with van der Waals surface area (Å²) in [5.41, 5.74) is 6.53. The largest absolute Gasteiger partial charge is 0.369 e. The Labute approximate surface area is 137 Å². The van der Waals surface area contributed by atoms with E-state index in [4.69, 9.17) is 28.9 Å². The van der Waals surface area contributed by atoms with E-state index in [0.717, 1.165) is 18.4 Å². The van der Waals surface area contributed by atoms with Gasteiger partial charge in [-0.3, -0.25) is 9.59 Å². The lowest BCUT2D eigenvalue weighted by Gasteiger charge is -2.30. The Balaban J connectivity index is 1.89. The van der Waals surface area contributed by atoms with Gasteiger partial charge in [-0.1, -0.05) is 23.2 Å². The minimum Gasteiger partial charge on any atom is -0.369 e. The number of benzene rings is 1. The second-order valence-electron chi connectivity index (χ2n) is 5.50. The quantitative estimate of drug-likeness (QED) is 0.882. The third-order valence-electron chi connectivity index (χ3n) is 4.03. The van der Waals surface area contributed by atoms with Crippen LogP contribution in [0.15, 0.2) is 18.2 Å². The van der Waals surface area contributed by atoms with Crippen LogP contribution in [0.5, 0.6) is 0 Å². The van der Waals surface area contributed by atoms with Crippen LogP contribution in [0.1, 0.15) is 23.3 Å². The Morgan fingerprint density at radius 2 is 2.09 bits per heavy atom. The molecular formula is C15H15Cl2N3O2. The number of carbonyl (C=O) groups excluding carboxylic acids is 2. The number of fused-ring (bicyclic) bond motifs is 1. The van der Waals surface area contributed by atoms with Crippen LogP contribution in [0.4, 0.5) is 0 Å². The van der Waals surface area contributed by atoms with Crippen LogP contribution in [-0.4, -0.2) is 34.8 Å². The summed E-state index contributed by atoms with van der Waals surface area (Å²) in [6, 6.07) is 5.16. The Morgan fingerprint density at radius 1 is 1.32 bits per heavy atom. The van der Waals surface area contributed by atoms with Gasteiger partial charge in [-0.2, -0.15) is 0 Å².